The summed E-state index contributed by atoms with van der Waals surface area (Å²) in [6.07, 6.45) is 4.72. The van der Waals surface area contributed by atoms with Gasteiger partial charge in [0, 0.05) is 18.2 Å². The fourth-order valence-electron chi connectivity index (χ4n) is 2.03. The van der Waals surface area contributed by atoms with Gasteiger partial charge in [0.15, 0.2) is 0 Å². The summed E-state index contributed by atoms with van der Waals surface area (Å²) < 4.78 is 6.92. The molecule has 1 N–H and O–H groups in total. The van der Waals surface area contributed by atoms with Gasteiger partial charge in [0.05, 0.1) is 18.5 Å². The van der Waals surface area contributed by atoms with E-state index in [0.29, 0.717) is 23.4 Å². The van der Waals surface area contributed by atoms with Gasteiger partial charge in [0.2, 0.25) is 5.91 Å². The summed E-state index contributed by atoms with van der Waals surface area (Å²) >= 11 is 6.32. The highest BCUT2D eigenvalue weighted by Crippen LogP contribution is 2.22. The van der Waals surface area contributed by atoms with Crippen molar-refractivity contribution in [3.63, 3.8) is 0 Å². The van der Waals surface area contributed by atoms with Crippen LogP contribution in [0.4, 0.5) is 0 Å². The van der Waals surface area contributed by atoms with Crippen LogP contribution in [0.1, 0.15) is 30.9 Å². The topological polar surface area (TPSA) is 60.1 Å². The Kier molecular flexibility index (Phi) is 5.44. The van der Waals surface area contributed by atoms with Crippen molar-refractivity contribution in [2.24, 2.45) is 5.92 Å². The Hall–Kier alpha value is -2.01. The molecule has 2 heterocycles. The quantitative estimate of drug-likeness (QED) is 0.829. The lowest BCUT2D eigenvalue weighted by Crippen LogP contribution is -2.19. The number of nitrogens with one attached hydrogen (secondary N) is 1. The number of hydrogen-bond donors (Lipinski definition) is 1. The minimum atomic E-state index is -0.205. The number of rotatable bonds is 6. The second-order valence-electron chi connectivity index (χ2n) is 5.50. The maximum atomic E-state index is 11.8. The molecular formula is C16H20ClN3O2. The fraction of sp³-hybridized carbons (Fsp3) is 0.375. The van der Waals surface area contributed by atoms with Crippen molar-refractivity contribution in [1.82, 2.24) is 15.1 Å². The molecular weight excluding hydrogens is 302 g/mol. The number of nitrogens with zero attached hydrogens (tertiary/aromatic N) is 2. The number of amides is 1. The summed E-state index contributed by atoms with van der Waals surface area (Å²) in [4.78, 5) is 11.8. The maximum absolute atomic E-state index is 11.8. The predicted molar refractivity (Wildman–Crippen MR) is 86.4 cm³/mol. The molecule has 0 fully saturated rings. The normalized spacial score (nSPS) is 11.5. The standard InChI is InChI=1S/C16H20ClN3O2/c1-11(2)10-20-16(17)14(12(3)19-20)6-7-15(21)18-9-13-5-4-8-22-13/h4-8,11H,9-10H2,1-3H3,(H,18,21). The molecule has 0 aliphatic heterocycles. The van der Waals surface area contributed by atoms with Crippen molar-refractivity contribution in [3.8, 4) is 0 Å². The van der Waals surface area contributed by atoms with Gasteiger partial charge in [-0.1, -0.05) is 25.4 Å². The van der Waals surface area contributed by atoms with Gasteiger partial charge in [-0.15, -0.1) is 0 Å². The highest BCUT2D eigenvalue weighted by molar-refractivity contribution is 6.31. The zero-order valence-corrected chi connectivity index (χ0v) is 13.7. The number of carbonyl (C=O) groups excluding carboxylic acids is 1. The largest absolute Gasteiger partial charge is 0.467 e. The average molecular weight is 322 g/mol. The molecule has 2 rings (SSSR count). The van der Waals surface area contributed by atoms with Crippen LogP contribution in [0.25, 0.3) is 6.08 Å². The van der Waals surface area contributed by atoms with E-state index in [-0.39, 0.29) is 5.91 Å². The maximum Gasteiger partial charge on any atom is 0.244 e. The third-order valence-electron chi connectivity index (χ3n) is 3.07. The van der Waals surface area contributed by atoms with Crippen LogP contribution >= 0.6 is 11.6 Å². The van der Waals surface area contributed by atoms with Crippen molar-refractivity contribution in [3.05, 3.63) is 46.6 Å². The zero-order valence-electron chi connectivity index (χ0n) is 13.0. The zero-order chi connectivity index (χ0) is 16.1. The van der Waals surface area contributed by atoms with E-state index in [0.717, 1.165) is 17.8 Å². The first-order valence-electron chi connectivity index (χ1n) is 7.18. The molecule has 0 aliphatic rings. The number of aryl methyl sites for hydroxylation is 1. The van der Waals surface area contributed by atoms with E-state index >= 15 is 0 Å². The average Bonchev–Trinajstić information content (AvgIpc) is 3.04. The summed E-state index contributed by atoms with van der Waals surface area (Å²) in [6, 6.07) is 3.59. The van der Waals surface area contributed by atoms with E-state index in [1.165, 1.54) is 6.08 Å². The molecule has 0 spiro atoms. The Morgan fingerprint density at radius 1 is 1.55 bits per heavy atom. The molecule has 1 amide bonds. The fourth-order valence-corrected chi connectivity index (χ4v) is 2.34. The molecule has 0 radical (unpaired) electrons. The minimum Gasteiger partial charge on any atom is -0.467 e. The molecule has 0 aromatic carbocycles. The van der Waals surface area contributed by atoms with Gasteiger partial charge in [0.1, 0.15) is 10.9 Å². The molecule has 22 heavy (non-hydrogen) atoms. The molecule has 5 nitrogen and oxygen atoms in total. The number of hydrogen-bond acceptors (Lipinski definition) is 3. The number of furan rings is 1. The third-order valence-corrected chi connectivity index (χ3v) is 3.46. The van der Waals surface area contributed by atoms with Crippen LogP contribution in [0.3, 0.4) is 0 Å². The highest BCUT2D eigenvalue weighted by Gasteiger charge is 2.12. The Labute approximate surface area is 134 Å². The number of aromatic nitrogens is 2. The van der Waals surface area contributed by atoms with Crippen LogP contribution < -0.4 is 5.32 Å². The van der Waals surface area contributed by atoms with Crippen LogP contribution in [0.5, 0.6) is 0 Å². The minimum absolute atomic E-state index is 0.205. The molecule has 6 heteroatoms. The molecule has 0 aliphatic carbocycles. The Bertz CT molecular complexity index is 657. The van der Waals surface area contributed by atoms with Gasteiger partial charge in [-0.05, 0) is 31.1 Å². The van der Waals surface area contributed by atoms with Crippen LogP contribution in [0.2, 0.25) is 5.15 Å². The van der Waals surface area contributed by atoms with Gasteiger partial charge in [-0.25, -0.2) is 0 Å². The van der Waals surface area contributed by atoms with E-state index in [1.807, 2.05) is 6.92 Å². The molecule has 118 valence electrons. The molecule has 2 aromatic heterocycles. The summed E-state index contributed by atoms with van der Waals surface area (Å²) in [5.41, 5.74) is 1.58. The lowest BCUT2D eigenvalue weighted by atomic mass is 10.2. The second-order valence-corrected chi connectivity index (χ2v) is 5.85. The highest BCUT2D eigenvalue weighted by atomic mass is 35.5. The monoisotopic (exact) mass is 321 g/mol. The lowest BCUT2D eigenvalue weighted by molar-refractivity contribution is -0.116. The van der Waals surface area contributed by atoms with Crippen molar-refractivity contribution >= 4 is 23.6 Å². The molecule has 0 atom stereocenters. The van der Waals surface area contributed by atoms with Crippen molar-refractivity contribution in [2.75, 3.05) is 0 Å². The molecule has 2 aromatic rings. The molecule has 0 bridgehead atoms. The first-order chi connectivity index (χ1) is 10.5. The Balaban J connectivity index is 2.00. The van der Waals surface area contributed by atoms with Crippen molar-refractivity contribution < 1.29 is 9.21 Å². The second kappa shape index (κ2) is 7.31. The van der Waals surface area contributed by atoms with Crippen molar-refractivity contribution in [1.29, 1.82) is 0 Å². The molecule has 0 unspecified atom stereocenters. The first-order valence-corrected chi connectivity index (χ1v) is 7.56. The molecule has 0 saturated heterocycles. The van der Waals surface area contributed by atoms with E-state index in [9.17, 15) is 4.79 Å². The Morgan fingerprint density at radius 3 is 2.95 bits per heavy atom. The van der Waals surface area contributed by atoms with E-state index < -0.39 is 0 Å². The Morgan fingerprint density at radius 2 is 2.32 bits per heavy atom. The summed E-state index contributed by atoms with van der Waals surface area (Å²) in [7, 11) is 0. The number of carbonyl (C=O) groups is 1. The smallest absolute Gasteiger partial charge is 0.244 e. The van der Waals surface area contributed by atoms with Crippen LogP contribution in [-0.4, -0.2) is 15.7 Å². The van der Waals surface area contributed by atoms with Crippen LogP contribution in [0.15, 0.2) is 28.9 Å². The first kappa shape index (κ1) is 16.4. The SMILES string of the molecule is Cc1nn(CC(C)C)c(Cl)c1C=CC(=O)NCc1ccco1. The van der Waals surface area contributed by atoms with Gasteiger partial charge < -0.3 is 9.73 Å². The van der Waals surface area contributed by atoms with Gasteiger partial charge in [-0.3, -0.25) is 9.48 Å². The van der Waals surface area contributed by atoms with E-state index in [2.05, 4.69) is 24.3 Å². The van der Waals surface area contributed by atoms with Crippen molar-refractivity contribution in [2.45, 2.75) is 33.9 Å². The summed E-state index contributed by atoms with van der Waals surface area (Å²) in [6.45, 7) is 7.19. The van der Waals surface area contributed by atoms with E-state index in [4.69, 9.17) is 16.0 Å². The predicted octanol–water partition coefficient (Wildman–Crippen LogP) is 3.42. The van der Waals surface area contributed by atoms with Gasteiger partial charge in [0.25, 0.3) is 0 Å². The van der Waals surface area contributed by atoms with Gasteiger partial charge in [-0.2, -0.15) is 5.10 Å². The van der Waals surface area contributed by atoms with Gasteiger partial charge >= 0.3 is 0 Å². The third kappa shape index (κ3) is 4.24. The van der Waals surface area contributed by atoms with Crippen LogP contribution in [0, 0.1) is 12.8 Å². The van der Waals surface area contributed by atoms with Crippen LogP contribution in [-0.2, 0) is 17.9 Å². The summed E-state index contributed by atoms with van der Waals surface area (Å²) in [5, 5.41) is 7.70. The number of halogens is 1. The van der Waals surface area contributed by atoms with E-state index in [1.54, 1.807) is 29.2 Å². The lowest BCUT2D eigenvalue weighted by Gasteiger charge is -2.05. The molecule has 0 saturated carbocycles. The summed E-state index contributed by atoms with van der Waals surface area (Å²) in [5.74, 6) is 0.953.